The van der Waals surface area contributed by atoms with Crippen LogP contribution in [0.3, 0.4) is 0 Å². The molecule has 1 aromatic heterocycles. The fourth-order valence-corrected chi connectivity index (χ4v) is 3.15. The molecule has 2 atom stereocenters. The molecule has 29 heavy (non-hydrogen) atoms. The first-order chi connectivity index (χ1) is 13.9. The maximum Gasteiger partial charge on any atom is 0.328 e. The lowest BCUT2D eigenvalue weighted by Gasteiger charge is -2.27. The van der Waals surface area contributed by atoms with Crippen molar-refractivity contribution in [3.63, 3.8) is 0 Å². The predicted octanol–water partition coefficient (Wildman–Crippen LogP) is 3.56. The summed E-state index contributed by atoms with van der Waals surface area (Å²) in [5.41, 5.74) is 11.4. The summed E-state index contributed by atoms with van der Waals surface area (Å²) in [4.78, 5) is 18.3. The van der Waals surface area contributed by atoms with Crippen LogP contribution in [0.2, 0.25) is 0 Å². The van der Waals surface area contributed by atoms with Crippen LogP contribution in [0.1, 0.15) is 64.7 Å². The number of aromatic nitrogens is 1. The summed E-state index contributed by atoms with van der Waals surface area (Å²) in [5, 5.41) is 23.8. The highest BCUT2D eigenvalue weighted by Gasteiger charge is 2.12. The number of hydrogen-bond acceptors (Lipinski definition) is 3. The molecule has 0 aliphatic heterocycles. The third-order valence-corrected chi connectivity index (χ3v) is 4.71. The molecule has 0 amide bonds. The Morgan fingerprint density at radius 3 is 2.48 bits per heavy atom. The maximum atomic E-state index is 11.3. The third-order valence-electron chi connectivity index (χ3n) is 4.71. The minimum atomic E-state index is -1.04. The molecule has 1 rings (SSSR count). The van der Waals surface area contributed by atoms with E-state index in [1.165, 1.54) is 0 Å². The fourth-order valence-electron chi connectivity index (χ4n) is 3.15. The Morgan fingerprint density at radius 1 is 1.21 bits per heavy atom. The summed E-state index contributed by atoms with van der Waals surface area (Å²) in [6.45, 7) is 2.23. The Bertz CT molecular complexity index is 624. The van der Waals surface area contributed by atoms with Crippen LogP contribution in [0.5, 0.6) is 0 Å². The molecule has 8 heteroatoms. The molecule has 1 aromatic rings. The van der Waals surface area contributed by atoms with Gasteiger partial charge in [-0.15, -0.1) is 0 Å². The lowest BCUT2D eigenvalue weighted by molar-refractivity contribution is -0.131. The van der Waals surface area contributed by atoms with Gasteiger partial charge in [-0.2, -0.15) is 0 Å². The van der Waals surface area contributed by atoms with Crippen molar-refractivity contribution in [2.45, 2.75) is 76.9 Å². The van der Waals surface area contributed by atoms with Crippen LogP contribution in [0.4, 0.5) is 5.82 Å². The third kappa shape index (κ3) is 11.8. The van der Waals surface area contributed by atoms with E-state index in [0.29, 0.717) is 17.8 Å². The average molecular weight is 407 g/mol. The Labute approximate surface area is 173 Å². The summed E-state index contributed by atoms with van der Waals surface area (Å²) in [6.07, 6.45) is 11.2. The van der Waals surface area contributed by atoms with E-state index < -0.39 is 5.97 Å². The van der Waals surface area contributed by atoms with Gasteiger partial charge in [0, 0.05) is 6.08 Å². The van der Waals surface area contributed by atoms with Gasteiger partial charge in [-0.05, 0) is 30.9 Å². The van der Waals surface area contributed by atoms with Crippen LogP contribution in [0.15, 0.2) is 35.0 Å². The maximum absolute atomic E-state index is 11.3. The SMILES string of the molecule is CCCC[C@H](O)CCCCCC[C@@H]([N-]c1ccc[nH]1)/C(=C/C(=O)O)CN=C(N)N. The first-order valence-corrected chi connectivity index (χ1v) is 10.4. The number of H-pyrrole nitrogens is 1. The minimum Gasteiger partial charge on any atom is -0.478 e. The number of guanidine groups is 1. The number of carbonyl (C=O) groups is 1. The Balaban J connectivity index is 2.58. The number of aliphatic hydroxyl groups excluding tert-OH is 1. The average Bonchev–Trinajstić information content (AvgIpc) is 3.18. The van der Waals surface area contributed by atoms with Crippen LogP contribution >= 0.6 is 0 Å². The molecule has 1 heterocycles. The number of rotatable bonds is 16. The van der Waals surface area contributed by atoms with Crippen molar-refractivity contribution in [3.8, 4) is 0 Å². The molecule has 0 radical (unpaired) electrons. The summed E-state index contributed by atoms with van der Waals surface area (Å²) < 4.78 is 0. The summed E-state index contributed by atoms with van der Waals surface area (Å²) in [5.74, 6) is -0.435. The molecule has 0 aliphatic carbocycles. The molecule has 8 nitrogen and oxygen atoms in total. The van der Waals surface area contributed by atoms with Gasteiger partial charge in [0.15, 0.2) is 5.96 Å². The smallest absolute Gasteiger partial charge is 0.328 e. The van der Waals surface area contributed by atoms with E-state index in [2.05, 4.69) is 22.2 Å². The molecule has 0 bridgehead atoms. The van der Waals surface area contributed by atoms with E-state index >= 15 is 0 Å². The number of hydrogen-bond donors (Lipinski definition) is 5. The molecular formula is C21H36N5O3-. The van der Waals surface area contributed by atoms with E-state index in [1.807, 2.05) is 12.1 Å². The Kier molecular flexibility index (Phi) is 12.3. The molecule has 0 unspecified atom stereocenters. The van der Waals surface area contributed by atoms with E-state index in [9.17, 15) is 15.0 Å². The minimum absolute atomic E-state index is 0.0819. The predicted molar refractivity (Wildman–Crippen MR) is 117 cm³/mol. The highest BCUT2D eigenvalue weighted by molar-refractivity contribution is 5.81. The first-order valence-electron chi connectivity index (χ1n) is 10.4. The van der Waals surface area contributed by atoms with Gasteiger partial charge < -0.3 is 32.0 Å². The van der Waals surface area contributed by atoms with Crippen molar-refractivity contribution in [2.75, 3.05) is 6.54 Å². The largest absolute Gasteiger partial charge is 0.478 e. The van der Waals surface area contributed by atoms with Gasteiger partial charge in [-0.3, -0.25) is 0 Å². The molecule has 0 fully saturated rings. The molecule has 164 valence electrons. The topological polar surface area (TPSA) is 152 Å². The number of nitrogens with two attached hydrogens (primary N) is 2. The van der Waals surface area contributed by atoms with E-state index in [0.717, 1.165) is 57.4 Å². The normalized spacial score (nSPS) is 13.7. The number of aromatic amines is 1. The van der Waals surface area contributed by atoms with Crippen molar-refractivity contribution in [1.82, 2.24) is 4.98 Å². The van der Waals surface area contributed by atoms with Gasteiger partial charge in [0.2, 0.25) is 0 Å². The second-order valence-electron chi connectivity index (χ2n) is 7.29. The van der Waals surface area contributed by atoms with Crippen LogP contribution in [0.25, 0.3) is 5.32 Å². The number of unbranched alkanes of at least 4 members (excludes halogenated alkanes) is 4. The molecular weight excluding hydrogens is 370 g/mol. The number of nitrogens with zero attached hydrogens (tertiary/aromatic N) is 2. The van der Waals surface area contributed by atoms with Crippen LogP contribution in [-0.2, 0) is 4.79 Å². The monoisotopic (exact) mass is 406 g/mol. The van der Waals surface area contributed by atoms with Gasteiger partial charge in [0.1, 0.15) is 0 Å². The second-order valence-corrected chi connectivity index (χ2v) is 7.29. The van der Waals surface area contributed by atoms with Gasteiger partial charge >= 0.3 is 5.97 Å². The molecule has 0 aliphatic rings. The Morgan fingerprint density at radius 2 is 1.90 bits per heavy atom. The lowest BCUT2D eigenvalue weighted by Crippen LogP contribution is -2.24. The van der Waals surface area contributed by atoms with Crippen molar-refractivity contribution in [2.24, 2.45) is 16.5 Å². The van der Waals surface area contributed by atoms with Gasteiger partial charge in [-0.25, -0.2) is 9.79 Å². The van der Waals surface area contributed by atoms with Crippen LogP contribution in [-0.4, -0.2) is 45.8 Å². The van der Waals surface area contributed by atoms with E-state index in [-0.39, 0.29) is 24.7 Å². The molecule has 0 spiro atoms. The molecule has 0 saturated carbocycles. The van der Waals surface area contributed by atoms with E-state index in [1.54, 1.807) is 6.20 Å². The second kappa shape index (κ2) is 14.5. The van der Waals surface area contributed by atoms with Crippen molar-refractivity contribution in [1.29, 1.82) is 0 Å². The molecule has 0 saturated heterocycles. The van der Waals surface area contributed by atoms with Gasteiger partial charge in [0.25, 0.3) is 0 Å². The first kappa shape index (κ1) is 24.6. The van der Waals surface area contributed by atoms with Crippen molar-refractivity contribution >= 4 is 17.7 Å². The number of aliphatic carboxylic acids is 1. The van der Waals surface area contributed by atoms with Crippen molar-refractivity contribution in [3.05, 3.63) is 35.3 Å². The summed E-state index contributed by atoms with van der Waals surface area (Å²) >= 11 is 0. The number of aliphatic imine (C=N–C) groups is 1. The highest BCUT2D eigenvalue weighted by Crippen LogP contribution is 2.27. The molecule has 7 N–H and O–H groups in total. The lowest BCUT2D eigenvalue weighted by atomic mass is 9.98. The zero-order chi connectivity index (χ0) is 21.5. The summed E-state index contributed by atoms with van der Waals surface area (Å²) in [6, 6.07) is 3.36. The number of nitrogens with one attached hydrogen (secondary N) is 1. The van der Waals surface area contributed by atoms with Gasteiger partial charge in [0.05, 0.1) is 12.6 Å². The van der Waals surface area contributed by atoms with Gasteiger partial charge in [-0.1, -0.05) is 69.6 Å². The Hall–Kier alpha value is -2.48. The summed E-state index contributed by atoms with van der Waals surface area (Å²) in [7, 11) is 0. The number of carboxylic acids is 1. The zero-order valence-corrected chi connectivity index (χ0v) is 17.4. The van der Waals surface area contributed by atoms with Crippen molar-refractivity contribution < 1.29 is 15.0 Å². The van der Waals surface area contributed by atoms with Crippen LogP contribution < -0.4 is 11.5 Å². The van der Waals surface area contributed by atoms with E-state index in [4.69, 9.17) is 11.5 Å². The number of aliphatic hydroxyl groups is 1. The highest BCUT2D eigenvalue weighted by atomic mass is 16.4. The number of carboxylic acid groups (broad SMARTS) is 1. The standard InChI is InChI=1S/C21H36N5O3/c1-2-3-9-17(27)10-6-4-5-7-11-18(26-19-12-8-13-24-19)16(14-20(28)29)15-25-21(22)23/h8,12-14,17-18,24,27H,2-7,9-11,15H2,1H3,(H,28,29)(H4,22,23,25)/q-1/b16-14+/t17-,18+/m0/s1. The quantitative estimate of drug-likeness (QED) is 0.123. The van der Waals surface area contributed by atoms with Crippen LogP contribution in [0, 0.1) is 0 Å². The fraction of sp³-hybridized carbons (Fsp3) is 0.619. The molecule has 0 aromatic carbocycles. The zero-order valence-electron chi connectivity index (χ0n) is 17.4.